The quantitative estimate of drug-likeness (QED) is 0.271. The number of rotatable bonds is 7. The van der Waals surface area contributed by atoms with Crippen molar-refractivity contribution < 1.29 is 14.6 Å². The maximum Gasteiger partial charge on any atom is 0.349 e. The predicted octanol–water partition coefficient (Wildman–Crippen LogP) is 7.80. The average molecular weight is 487 g/mol. The number of carbonyl (C=O) groups excluding carboxylic acids is 1. The van der Waals surface area contributed by atoms with Gasteiger partial charge in [0.1, 0.15) is 16.3 Å². The third kappa shape index (κ3) is 4.38. The van der Waals surface area contributed by atoms with Gasteiger partial charge < -0.3 is 9.84 Å². The van der Waals surface area contributed by atoms with E-state index in [1.165, 1.54) is 33.0 Å². The molecule has 5 rings (SSSR count). The monoisotopic (exact) mass is 486 g/mol. The van der Waals surface area contributed by atoms with Gasteiger partial charge in [0.15, 0.2) is 0 Å². The molecule has 0 saturated heterocycles. The number of fused-ring (bicyclic) bond motifs is 1. The van der Waals surface area contributed by atoms with Crippen molar-refractivity contribution in [2.24, 2.45) is 0 Å². The normalized spacial score (nSPS) is 18.3. The highest BCUT2D eigenvalue weighted by Crippen LogP contribution is 2.48. The SMILES string of the molecule is CCc1c(SC2=C(O)CC(CCc3ccccc3)(c3ccccc3)OC2=O)sc2ccccc12. The van der Waals surface area contributed by atoms with E-state index in [1.807, 2.05) is 60.7 Å². The molecule has 1 N–H and O–H groups in total. The second-order valence-corrected chi connectivity index (χ2v) is 10.8. The van der Waals surface area contributed by atoms with Crippen LogP contribution in [-0.2, 0) is 28.0 Å². The van der Waals surface area contributed by atoms with Crippen LogP contribution < -0.4 is 0 Å². The molecule has 0 aliphatic carbocycles. The lowest BCUT2D eigenvalue weighted by molar-refractivity contribution is -0.160. The van der Waals surface area contributed by atoms with Crippen molar-refractivity contribution >= 4 is 39.2 Å². The van der Waals surface area contributed by atoms with Crippen LogP contribution in [0.3, 0.4) is 0 Å². The second-order valence-electron chi connectivity index (χ2n) is 8.51. The Kier molecular flexibility index (Phi) is 6.48. The summed E-state index contributed by atoms with van der Waals surface area (Å²) in [6.07, 6.45) is 2.47. The van der Waals surface area contributed by atoms with Crippen LogP contribution in [0.2, 0.25) is 0 Å². The first-order valence-electron chi connectivity index (χ1n) is 11.5. The molecule has 0 spiro atoms. The number of thioether (sulfide) groups is 1. The minimum Gasteiger partial charge on any atom is -0.511 e. The van der Waals surface area contributed by atoms with E-state index in [1.54, 1.807) is 11.3 Å². The zero-order valence-electron chi connectivity index (χ0n) is 19.0. The van der Waals surface area contributed by atoms with Crippen molar-refractivity contribution in [3.05, 3.63) is 112 Å². The first-order valence-corrected chi connectivity index (χ1v) is 13.2. The summed E-state index contributed by atoms with van der Waals surface area (Å²) >= 11 is 3.00. The number of aryl methyl sites for hydroxylation is 2. The minimum atomic E-state index is -0.893. The van der Waals surface area contributed by atoms with E-state index in [4.69, 9.17) is 4.74 Å². The van der Waals surface area contributed by atoms with E-state index in [2.05, 4.69) is 31.2 Å². The largest absolute Gasteiger partial charge is 0.511 e. The van der Waals surface area contributed by atoms with Crippen LogP contribution >= 0.6 is 23.1 Å². The van der Waals surface area contributed by atoms with Crippen molar-refractivity contribution in [1.82, 2.24) is 0 Å². The number of cyclic esters (lactones) is 1. The highest BCUT2D eigenvalue weighted by molar-refractivity contribution is 8.05. The van der Waals surface area contributed by atoms with Gasteiger partial charge in [-0.15, -0.1) is 11.3 Å². The Morgan fingerprint density at radius 1 is 0.971 bits per heavy atom. The van der Waals surface area contributed by atoms with Gasteiger partial charge in [-0.2, -0.15) is 0 Å². The third-order valence-corrected chi connectivity index (χ3v) is 8.90. The van der Waals surface area contributed by atoms with Gasteiger partial charge in [0, 0.05) is 4.70 Å². The van der Waals surface area contributed by atoms with Gasteiger partial charge in [-0.25, -0.2) is 4.79 Å². The molecule has 3 nitrogen and oxygen atoms in total. The number of hydrogen-bond donors (Lipinski definition) is 1. The fourth-order valence-corrected chi connectivity index (χ4v) is 7.18. The lowest BCUT2D eigenvalue weighted by Crippen LogP contribution is -2.38. The smallest absolute Gasteiger partial charge is 0.349 e. The highest BCUT2D eigenvalue weighted by Gasteiger charge is 2.43. The summed E-state index contributed by atoms with van der Waals surface area (Å²) in [5.74, 6) is -0.345. The lowest BCUT2D eigenvalue weighted by Gasteiger charge is -2.37. The molecule has 0 amide bonds. The molecule has 1 aromatic heterocycles. The molecule has 0 bridgehead atoms. The van der Waals surface area contributed by atoms with Crippen LogP contribution in [0.1, 0.15) is 36.5 Å². The van der Waals surface area contributed by atoms with E-state index in [9.17, 15) is 9.90 Å². The fraction of sp³-hybridized carbons (Fsp3) is 0.207. The van der Waals surface area contributed by atoms with Crippen LogP contribution in [0.4, 0.5) is 0 Å². The summed E-state index contributed by atoms with van der Waals surface area (Å²) in [4.78, 5) is 13.7. The van der Waals surface area contributed by atoms with Crippen molar-refractivity contribution in [3.63, 3.8) is 0 Å². The fourth-order valence-electron chi connectivity index (χ4n) is 4.59. The maximum atomic E-state index is 13.4. The zero-order chi connectivity index (χ0) is 23.5. The lowest BCUT2D eigenvalue weighted by atomic mass is 9.82. The van der Waals surface area contributed by atoms with E-state index >= 15 is 0 Å². The molecular formula is C29H26O3S2. The van der Waals surface area contributed by atoms with Crippen molar-refractivity contribution in [2.45, 2.75) is 42.4 Å². The highest BCUT2D eigenvalue weighted by atomic mass is 32.2. The van der Waals surface area contributed by atoms with E-state index in [-0.39, 0.29) is 12.2 Å². The van der Waals surface area contributed by atoms with Gasteiger partial charge >= 0.3 is 5.97 Å². The summed E-state index contributed by atoms with van der Waals surface area (Å²) in [6, 6.07) is 28.3. The van der Waals surface area contributed by atoms with Crippen LogP contribution in [-0.4, -0.2) is 11.1 Å². The predicted molar refractivity (Wildman–Crippen MR) is 140 cm³/mol. The molecule has 0 radical (unpaired) electrons. The molecule has 172 valence electrons. The van der Waals surface area contributed by atoms with Gasteiger partial charge in [0.2, 0.25) is 0 Å². The maximum absolute atomic E-state index is 13.4. The van der Waals surface area contributed by atoms with E-state index in [0.29, 0.717) is 11.3 Å². The Bertz CT molecular complexity index is 1340. The minimum absolute atomic E-state index is 0.109. The van der Waals surface area contributed by atoms with E-state index < -0.39 is 11.6 Å². The first-order chi connectivity index (χ1) is 16.6. The van der Waals surface area contributed by atoms with Crippen molar-refractivity contribution in [2.75, 3.05) is 0 Å². The first kappa shape index (κ1) is 22.8. The van der Waals surface area contributed by atoms with Gasteiger partial charge in [0.25, 0.3) is 0 Å². The van der Waals surface area contributed by atoms with E-state index in [0.717, 1.165) is 22.6 Å². The number of aliphatic hydroxyl groups excluding tert-OH is 1. The molecule has 3 aromatic carbocycles. The molecule has 4 aromatic rings. The van der Waals surface area contributed by atoms with Crippen molar-refractivity contribution in [1.29, 1.82) is 0 Å². The zero-order valence-corrected chi connectivity index (χ0v) is 20.6. The molecule has 1 aliphatic heterocycles. The van der Waals surface area contributed by atoms with Gasteiger partial charge in [-0.1, -0.05) is 97.5 Å². The number of thiophene rings is 1. The molecule has 1 aliphatic rings. The van der Waals surface area contributed by atoms with Crippen molar-refractivity contribution in [3.8, 4) is 0 Å². The van der Waals surface area contributed by atoms with Crippen LogP contribution in [0.25, 0.3) is 10.1 Å². The topological polar surface area (TPSA) is 46.5 Å². The summed E-state index contributed by atoms with van der Waals surface area (Å²) in [7, 11) is 0. The number of ether oxygens (including phenoxy) is 1. The van der Waals surface area contributed by atoms with Gasteiger partial charge in [0.05, 0.1) is 10.6 Å². The number of hydrogen-bond acceptors (Lipinski definition) is 5. The van der Waals surface area contributed by atoms with Gasteiger partial charge in [-0.05, 0) is 47.4 Å². The molecule has 0 saturated carbocycles. The Morgan fingerprint density at radius 2 is 1.65 bits per heavy atom. The molecule has 0 fully saturated rings. The number of aliphatic hydroxyl groups is 1. The summed E-state index contributed by atoms with van der Waals surface area (Å²) < 4.78 is 8.44. The molecule has 5 heteroatoms. The Morgan fingerprint density at radius 3 is 2.35 bits per heavy atom. The second kappa shape index (κ2) is 9.69. The van der Waals surface area contributed by atoms with Gasteiger partial charge in [-0.3, -0.25) is 0 Å². The summed E-state index contributed by atoms with van der Waals surface area (Å²) in [6.45, 7) is 2.12. The average Bonchev–Trinajstić information content (AvgIpc) is 3.23. The molecular weight excluding hydrogens is 460 g/mol. The molecule has 2 heterocycles. The Balaban J connectivity index is 1.48. The van der Waals surface area contributed by atoms with Crippen LogP contribution in [0.15, 0.2) is 99.8 Å². The van der Waals surface area contributed by atoms with Crippen LogP contribution in [0.5, 0.6) is 0 Å². The molecule has 1 atom stereocenters. The number of carbonyl (C=O) groups is 1. The number of benzene rings is 3. The Hall–Kier alpha value is -3.02. The molecule has 1 unspecified atom stereocenters. The number of esters is 1. The summed E-state index contributed by atoms with van der Waals surface area (Å²) in [5, 5.41) is 12.4. The Labute approximate surface area is 208 Å². The van der Waals surface area contributed by atoms with Crippen LogP contribution in [0, 0.1) is 0 Å². The third-order valence-electron chi connectivity index (χ3n) is 6.36. The molecule has 34 heavy (non-hydrogen) atoms. The summed E-state index contributed by atoms with van der Waals surface area (Å²) in [5.41, 5.74) is 2.40. The standard InChI is InChI=1S/C29H26O3S2/c1-2-22-23-15-9-10-16-25(23)33-28(22)34-26-24(30)19-29(32-27(26)31,21-13-7-4-8-14-21)18-17-20-11-5-3-6-12-20/h3-16,30H,2,17-19H2,1H3.